The minimum absolute atomic E-state index is 0.107. The molecule has 1 aliphatic rings. The Morgan fingerprint density at radius 3 is 1.88 bits per heavy atom. The third-order valence-electron chi connectivity index (χ3n) is 5.51. The predicted molar refractivity (Wildman–Crippen MR) is 127 cm³/mol. The number of rotatable bonds is 7. The Kier molecular flexibility index (Phi) is 6.27. The number of nitrogens with one attached hydrogen (secondary N) is 1. The summed E-state index contributed by atoms with van der Waals surface area (Å²) in [5.74, 6) is 0.202. The van der Waals surface area contributed by atoms with Gasteiger partial charge in [-0.2, -0.15) is 0 Å². The highest BCUT2D eigenvalue weighted by Gasteiger charge is 2.42. The maximum atomic E-state index is 13.2. The Morgan fingerprint density at radius 1 is 0.848 bits per heavy atom. The second kappa shape index (κ2) is 9.28. The molecule has 0 fully saturated rings. The molecule has 3 aromatic rings. The normalized spacial score (nSPS) is 13.8. The number of hydrogen-bond acceptors (Lipinski definition) is 4. The van der Waals surface area contributed by atoms with Crippen molar-refractivity contribution in [2.45, 2.75) is 33.2 Å². The van der Waals surface area contributed by atoms with Crippen LogP contribution in [0.4, 0.5) is 5.69 Å². The van der Waals surface area contributed by atoms with E-state index in [1.54, 1.807) is 48.5 Å². The molecule has 0 radical (unpaired) electrons. The van der Waals surface area contributed by atoms with Crippen molar-refractivity contribution in [1.82, 2.24) is 4.90 Å². The molecule has 0 aromatic heterocycles. The van der Waals surface area contributed by atoms with Crippen molar-refractivity contribution < 1.29 is 19.1 Å². The monoisotopic (exact) mass is 442 g/mol. The number of carbonyl (C=O) groups is 3. The molecular formula is C27H26N2O4. The zero-order valence-electron chi connectivity index (χ0n) is 18.9. The molecule has 0 aliphatic carbocycles. The number of hydrogen-bond donors (Lipinski definition) is 1. The number of imide groups is 1. The second-order valence-corrected chi connectivity index (χ2v) is 8.60. The van der Waals surface area contributed by atoms with Crippen molar-refractivity contribution in [3.63, 3.8) is 0 Å². The molecule has 6 nitrogen and oxygen atoms in total. The summed E-state index contributed by atoms with van der Waals surface area (Å²) in [4.78, 5) is 40.2. The summed E-state index contributed by atoms with van der Waals surface area (Å²) in [7, 11) is 0. The lowest BCUT2D eigenvalue weighted by Crippen LogP contribution is -2.47. The van der Waals surface area contributed by atoms with Gasteiger partial charge in [-0.25, -0.2) is 0 Å². The number of carbonyl (C=O) groups excluding carboxylic acids is 3. The van der Waals surface area contributed by atoms with Crippen LogP contribution >= 0.6 is 0 Å². The standard InChI is InChI=1S/C27H26N2O4/c1-17(2)16-24(29-26(31)22-6-4-5-7-23(22)27(29)32)25(30)28-19-10-14-21(15-11-19)33-20-12-8-18(3)9-13-20/h4-15,17,24H,16H2,1-3H3,(H,28,30)/t24-/m1/s1. The Balaban J connectivity index is 1.49. The van der Waals surface area contributed by atoms with Crippen LogP contribution in [0.5, 0.6) is 11.5 Å². The van der Waals surface area contributed by atoms with Crippen molar-refractivity contribution in [3.05, 3.63) is 89.5 Å². The summed E-state index contributed by atoms with van der Waals surface area (Å²) in [6.45, 7) is 5.92. The SMILES string of the molecule is Cc1ccc(Oc2ccc(NC(=O)[C@@H](CC(C)C)N3C(=O)c4ccccc4C3=O)cc2)cc1. The summed E-state index contributed by atoms with van der Waals surface area (Å²) in [5, 5.41) is 2.85. The average Bonchev–Trinajstić information content (AvgIpc) is 3.05. The molecule has 168 valence electrons. The Hall–Kier alpha value is -3.93. The van der Waals surface area contributed by atoms with Crippen LogP contribution in [-0.4, -0.2) is 28.7 Å². The Bertz CT molecular complexity index is 1150. The van der Waals surface area contributed by atoms with Crippen molar-refractivity contribution in [2.24, 2.45) is 5.92 Å². The molecule has 0 saturated carbocycles. The minimum atomic E-state index is -0.902. The summed E-state index contributed by atoms with van der Waals surface area (Å²) in [6.07, 6.45) is 0.367. The van der Waals surface area contributed by atoms with Gasteiger partial charge in [0.2, 0.25) is 5.91 Å². The van der Waals surface area contributed by atoms with Gasteiger partial charge in [-0.3, -0.25) is 19.3 Å². The van der Waals surface area contributed by atoms with E-state index in [2.05, 4.69) is 5.32 Å². The van der Waals surface area contributed by atoms with Gasteiger partial charge in [0.1, 0.15) is 17.5 Å². The van der Waals surface area contributed by atoms with E-state index in [0.717, 1.165) is 16.2 Å². The third-order valence-corrected chi connectivity index (χ3v) is 5.51. The molecule has 0 spiro atoms. The fraction of sp³-hybridized carbons (Fsp3) is 0.222. The summed E-state index contributed by atoms with van der Waals surface area (Å²) in [6, 6.07) is 20.5. The predicted octanol–water partition coefficient (Wildman–Crippen LogP) is 5.44. The molecule has 1 N–H and O–H groups in total. The van der Waals surface area contributed by atoms with Gasteiger partial charge in [0, 0.05) is 5.69 Å². The van der Waals surface area contributed by atoms with Gasteiger partial charge >= 0.3 is 0 Å². The van der Waals surface area contributed by atoms with Gasteiger partial charge in [0.25, 0.3) is 11.8 Å². The first-order valence-electron chi connectivity index (χ1n) is 11.0. The maximum Gasteiger partial charge on any atom is 0.262 e. The van der Waals surface area contributed by atoms with E-state index in [1.165, 1.54) is 0 Å². The van der Waals surface area contributed by atoms with Gasteiger partial charge in [-0.05, 0) is 67.8 Å². The molecule has 4 rings (SSSR count). The zero-order valence-corrected chi connectivity index (χ0v) is 18.9. The summed E-state index contributed by atoms with van der Waals surface area (Å²) in [5.41, 5.74) is 2.37. The van der Waals surface area contributed by atoms with Crippen molar-refractivity contribution in [3.8, 4) is 11.5 Å². The molecule has 0 unspecified atom stereocenters. The number of nitrogens with zero attached hydrogens (tertiary/aromatic N) is 1. The van der Waals surface area contributed by atoms with Gasteiger partial charge in [0.05, 0.1) is 11.1 Å². The van der Waals surface area contributed by atoms with Gasteiger partial charge in [0.15, 0.2) is 0 Å². The third kappa shape index (κ3) is 4.80. The molecule has 3 aromatic carbocycles. The number of fused-ring (bicyclic) bond motifs is 1. The van der Waals surface area contributed by atoms with E-state index in [-0.39, 0.29) is 5.92 Å². The highest BCUT2D eigenvalue weighted by Crippen LogP contribution is 2.28. The second-order valence-electron chi connectivity index (χ2n) is 8.60. The molecule has 1 atom stereocenters. The van der Waals surface area contributed by atoms with Crippen molar-refractivity contribution in [1.29, 1.82) is 0 Å². The Morgan fingerprint density at radius 2 is 1.36 bits per heavy atom. The highest BCUT2D eigenvalue weighted by atomic mass is 16.5. The van der Waals surface area contributed by atoms with Crippen molar-refractivity contribution in [2.75, 3.05) is 5.32 Å². The molecular weight excluding hydrogens is 416 g/mol. The van der Waals surface area contributed by atoms with E-state index >= 15 is 0 Å². The average molecular weight is 443 g/mol. The number of anilines is 1. The lowest BCUT2D eigenvalue weighted by Gasteiger charge is -2.26. The molecule has 1 heterocycles. The van der Waals surface area contributed by atoms with Crippen LogP contribution in [-0.2, 0) is 4.79 Å². The van der Waals surface area contributed by atoms with E-state index in [1.807, 2.05) is 45.0 Å². The van der Waals surface area contributed by atoms with Crippen LogP contribution < -0.4 is 10.1 Å². The maximum absolute atomic E-state index is 13.2. The molecule has 1 aliphatic heterocycles. The van der Waals surface area contributed by atoms with E-state index < -0.39 is 23.8 Å². The summed E-state index contributed by atoms with van der Waals surface area (Å²) < 4.78 is 5.83. The highest BCUT2D eigenvalue weighted by molar-refractivity contribution is 6.23. The Labute approximate surface area is 193 Å². The fourth-order valence-electron chi connectivity index (χ4n) is 3.84. The van der Waals surface area contributed by atoms with Crippen LogP contribution in [0.3, 0.4) is 0 Å². The van der Waals surface area contributed by atoms with Gasteiger partial charge in [-0.1, -0.05) is 43.7 Å². The molecule has 6 heteroatoms. The zero-order chi connectivity index (χ0) is 23.5. The van der Waals surface area contributed by atoms with E-state index in [4.69, 9.17) is 4.74 Å². The largest absolute Gasteiger partial charge is 0.457 e. The topological polar surface area (TPSA) is 75.7 Å². The van der Waals surface area contributed by atoms with Crippen molar-refractivity contribution >= 4 is 23.4 Å². The number of benzene rings is 3. The van der Waals surface area contributed by atoms with Crippen LogP contribution in [0.25, 0.3) is 0 Å². The van der Waals surface area contributed by atoms with Crippen LogP contribution in [0.15, 0.2) is 72.8 Å². The number of ether oxygens (including phenoxy) is 1. The smallest absolute Gasteiger partial charge is 0.262 e. The first-order chi connectivity index (χ1) is 15.8. The van der Waals surface area contributed by atoms with Crippen LogP contribution in [0.1, 0.15) is 46.5 Å². The fourth-order valence-corrected chi connectivity index (χ4v) is 3.84. The number of amides is 3. The van der Waals surface area contributed by atoms with E-state index in [0.29, 0.717) is 29.0 Å². The molecule has 0 saturated heterocycles. The lowest BCUT2D eigenvalue weighted by molar-refractivity contribution is -0.120. The molecule has 3 amide bonds. The number of aryl methyl sites for hydroxylation is 1. The molecule has 0 bridgehead atoms. The first-order valence-corrected chi connectivity index (χ1v) is 11.0. The van der Waals surface area contributed by atoms with Crippen LogP contribution in [0.2, 0.25) is 0 Å². The molecule has 33 heavy (non-hydrogen) atoms. The van der Waals surface area contributed by atoms with Crippen LogP contribution in [0, 0.1) is 12.8 Å². The van der Waals surface area contributed by atoms with E-state index in [9.17, 15) is 14.4 Å². The summed E-state index contributed by atoms with van der Waals surface area (Å²) >= 11 is 0. The minimum Gasteiger partial charge on any atom is -0.457 e. The first kappa shape index (κ1) is 22.3. The lowest BCUT2D eigenvalue weighted by atomic mass is 10.0. The van der Waals surface area contributed by atoms with Gasteiger partial charge < -0.3 is 10.1 Å². The van der Waals surface area contributed by atoms with Gasteiger partial charge in [-0.15, -0.1) is 0 Å². The quantitative estimate of drug-likeness (QED) is 0.495.